The number of thiophene rings is 1. The van der Waals surface area contributed by atoms with E-state index < -0.39 is 5.97 Å². The van der Waals surface area contributed by atoms with E-state index in [1.54, 1.807) is 11.3 Å². The molecule has 3 nitrogen and oxygen atoms in total. The third kappa shape index (κ3) is 3.23. The number of carbonyl (C=O) groups is 1. The summed E-state index contributed by atoms with van der Waals surface area (Å²) in [5.74, 6) is 1.36. The molecule has 1 N–H and O–H groups in total. The van der Waals surface area contributed by atoms with Crippen molar-refractivity contribution in [3.8, 4) is 0 Å². The van der Waals surface area contributed by atoms with Crippen molar-refractivity contribution in [2.75, 3.05) is 18.1 Å². The van der Waals surface area contributed by atoms with E-state index in [2.05, 4.69) is 16.3 Å². The zero-order valence-electron chi connectivity index (χ0n) is 8.96. The van der Waals surface area contributed by atoms with Gasteiger partial charge in [-0.25, -0.2) is 0 Å². The molecule has 1 aliphatic rings. The molecular formula is C11H15NO2S2. The third-order valence-electron chi connectivity index (χ3n) is 2.70. The molecule has 5 heteroatoms. The van der Waals surface area contributed by atoms with Crippen LogP contribution in [0.25, 0.3) is 0 Å². The van der Waals surface area contributed by atoms with Crippen LogP contribution in [0.3, 0.4) is 0 Å². The zero-order chi connectivity index (χ0) is 11.4. The van der Waals surface area contributed by atoms with Crippen LogP contribution in [-0.4, -0.2) is 40.1 Å². The van der Waals surface area contributed by atoms with E-state index in [1.807, 2.05) is 17.8 Å². The van der Waals surface area contributed by atoms with Crippen molar-refractivity contribution < 1.29 is 9.90 Å². The molecule has 1 atom stereocenters. The number of hydrogen-bond acceptors (Lipinski definition) is 4. The molecule has 0 aliphatic carbocycles. The molecule has 1 aromatic rings. The maximum absolute atomic E-state index is 10.8. The lowest BCUT2D eigenvalue weighted by Crippen LogP contribution is -2.42. The number of carboxylic acids is 1. The van der Waals surface area contributed by atoms with E-state index in [0.29, 0.717) is 0 Å². The topological polar surface area (TPSA) is 40.5 Å². The van der Waals surface area contributed by atoms with Gasteiger partial charge in [-0.05, 0) is 11.4 Å². The van der Waals surface area contributed by atoms with Crippen LogP contribution in [0.1, 0.15) is 11.3 Å². The Morgan fingerprint density at radius 2 is 2.50 bits per heavy atom. The predicted octanol–water partition coefficient (Wildman–Crippen LogP) is 2.14. The quantitative estimate of drug-likeness (QED) is 0.897. The molecule has 16 heavy (non-hydrogen) atoms. The van der Waals surface area contributed by atoms with Gasteiger partial charge in [0.15, 0.2) is 0 Å². The van der Waals surface area contributed by atoms with Gasteiger partial charge in [-0.3, -0.25) is 9.69 Å². The second kappa shape index (κ2) is 5.70. The summed E-state index contributed by atoms with van der Waals surface area (Å²) in [6.45, 7) is 1.90. The van der Waals surface area contributed by atoms with Crippen LogP contribution >= 0.6 is 23.1 Å². The number of aliphatic carboxylic acids is 1. The summed E-state index contributed by atoms with van der Waals surface area (Å²) in [6.07, 6.45) is 0.262. The van der Waals surface area contributed by atoms with Crippen molar-refractivity contribution in [1.29, 1.82) is 0 Å². The molecular weight excluding hydrogens is 242 g/mol. The van der Waals surface area contributed by atoms with Crippen LogP contribution in [0.2, 0.25) is 0 Å². The van der Waals surface area contributed by atoms with Gasteiger partial charge in [0.05, 0.1) is 6.42 Å². The molecule has 0 amide bonds. The van der Waals surface area contributed by atoms with Crippen molar-refractivity contribution in [3.05, 3.63) is 22.4 Å². The highest BCUT2D eigenvalue weighted by Gasteiger charge is 2.25. The van der Waals surface area contributed by atoms with Gasteiger partial charge in [0, 0.05) is 35.5 Å². The summed E-state index contributed by atoms with van der Waals surface area (Å²) in [6, 6.07) is 4.35. The molecule has 0 radical (unpaired) electrons. The van der Waals surface area contributed by atoms with Gasteiger partial charge in [0.1, 0.15) is 0 Å². The standard InChI is InChI=1S/C11H15NO2S2/c13-11(14)6-9-8-15-5-3-12(9)7-10-2-1-4-16-10/h1-2,4,9H,3,5-8H2,(H,13,14). The number of nitrogens with zero attached hydrogens (tertiary/aromatic N) is 1. The molecule has 0 aromatic carbocycles. The highest BCUT2D eigenvalue weighted by atomic mass is 32.2. The van der Waals surface area contributed by atoms with E-state index in [1.165, 1.54) is 4.88 Å². The number of thioether (sulfide) groups is 1. The van der Waals surface area contributed by atoms with E-state index >= 15 is 0 Å². The van der Waals surface area contributed by atoms with E-state index in [9.17, 15) is 4.79 Å². The van der Waals surface area contributed by atoms with Crippen LogP contribution in [-0.2, 0) is 11.3 Å². The molecule has 1 fully saturated rings. The minimum Gasteiger partial charge on any atom is -0.481 e. The van der Waals surface area contributed by atoms with Gasteiger partial charge in [-0.2, -0.15) is 11.8 Å². The molecule has 1 unspecified atom stereocenters. The maximum Gasteiger partial charge on any atom is 0.304 e. The first-order chi connectivity index (χ1) is 7.75. The summed E-state index contributed by atoms with van der Waals surface area (Å²) < 4.78 is 0. The Labute approximate surface area is 103 Å². The maximum atomic E-state index is 10.8. The molecule has 88 valence electrons. The average Bonchev–Trinajstić information content (AvgIpc) is 2.73. The normalized spacial score (nSPS) is 22.1. The Kier molecular flexibility index (Phi) is 4.26. The predicted molar refractivity (Wildman–Crippen MR) is 68.1 cm³/mol. The summed E-state index contributed by atoms with van der Waals surface area (Å²) in [5, 5.41) is 10.9. The summed E-state index contributed by atoms with van der Waals surface area (Å²) in [7, 11) is 0. The number of rotatable bonds is 4. The van der Waals surface area contributed by atoms with Gasteiger partial charge in [-0.1, -0.05) is 6.07 Å². The minimum absolute atomic E-state index is 0.193. The Hall–Kier alpha value is -0.520. The first kappa shape index (κ1) is 12.0. The fraction of sp³-hybridized carbons (Fsp3) is 0.545. The van der Waals surface area contributed by atoms with Crippen molar-refractivity contribution >= 4 is 29.1 Å². The van der Waals surface area contributed by atoms with E-state index in [4.69, 9.17) is 5.11 Å². The zero-order valence-corrected chi connectivity index (χ0v) is 10.6. The van der Waals surface area contributed by atoms with Crippen molar-refractivity contribution in [1.82, 2.24) is 4.90 Å². The van der Waals surface area contributed by atoms with Gasteiger partial charge < -0.3 is 5.11 Å². The molecule has 1 aliphatic heterocycles. The second-order valence-electron chi connectivity index (χ2n) is 3.88. The SMILES string of the molecule is O=C(O)CC1CSCCN1Cc1cccs1. The van der Waals surface area contributed by atoms with Gasteiger partial charge in [-0.15, -0.1) is 11.3 Å². The lowest BCUT2D eigenvalue weighted by atomic mass is 10.2. The molecule has 1 aromatic heterocycles. The largest absolute Gasteiger partial charge is 0.481 e. The Balaban J connectivity index is 1.96. The van der Waals surface area contributed by atoms with Crippen molar-refractivity contribution in [2.24, 2.45) is 0 Å². The fourth-order valence-electron chi connectivity index (χ4n) is 1.89. The molecule has 2 heterocycles. The molecule has 0 saturated carbocycles. The van der Waals surface area contributed by atoms with Crippen molar-refractivity contribution in [3.63, 3.8) is 0 Å². The smallest absolute Gasteiger partial charge is 0.304 e. The van der Waals surface area contributed by atoms with Gasteiger partial charge in [0.2, 0.25) is 0 Å². The van der Waals surface area contributed by atoms with Crippen LogP contribution in [0, 0.1) is 0 Å². The van der Waals surface area contributed by atoms with Crippen LogP contribution in [0.5, 0.6) is 0 Å². The Morgan fingerprint density at radius 3 is 3.19 bits per heavy atom. The minimum atomic E-state index is -0.691. The number of carboxylic acid groups (broad SMARTS) is 1. The fourth-order valence-corrected chi connectivity index (χ4v) is 3.75. The molecule has 2 rings (SSSR count). The molecule has 1 saturated heterocycles. The first-order valence-corrected chi connectivity index (χ1v) is 7.35. The van der Waals surface area contributed by atoms with Crippen LogP contribution in [0.15, 0.2) is 17.5 Å². The lowest BCUT2D eigenvalue weighted by Gasteiger charge is -2.34. The van der Waals surface area contributed by atoms with Crippen LogP contribution < -0.4 is 0 Å². The van der Waals surface area contributed by atoms with Gasteiger partial charge >= 0.3 is 5.97 Å². The average molecular weight is 257 g/mol. The first-order valence-electron chi connectivity index (χ1n) is 5.31. The van der Waals surface area contributed by atoms with E-state index in [0.717, 1.165) is 24.6 Å². The Morgan fingerprint density at radius 1 is 1.62 bits per heavy atom. The highest BCUT2D eigenvalue weighted by Crippen LogP contribution is 2.22. The number of hydrogen-bond donors (Lipinski definition) is 1. The highest BCUT2D eigenvalue weighted by molar-refractivity contribution is 7.99. The monoisotopic (exact) mass is 257 g/mol. The van der Waals surface area contributed by atoms with Crippen LogP contribution in [0.4, 0.5) is 0 Å². The van der Waals surface area contributed by atoms with Gasteiger partial charge in [0.25, 0.3) is 0 Å². The summed E-state index contributed by atoms with van der Waals surface area (Å²) in [4.78, 5) is 14.4. The molecule has 0 spiro atoms. The lowest BCUT2D eigenvalue weighted by molar-refractivity contribution is -0.138. The van der Waals surface area contributed by atoms with E-state index in [-0.39, 0.29) is 12.5 Å². The molecule has 0 bridgehead atoms. The Bertz CT molecular complexity index is 340. The summed E-state index contributed by atoms with van der Waals surface area (Å²) >= 11 is 3.60. The third-order valence-corrected chi connectivity index (χ3v) is 4.65. The second-order valence-corrected chi connectivity index (χ2v) is 6.06. The van der Waals surface area contributed by atoms with Crippen molar-refractivity contribution in [2.45, 2.75) is 19.0 Å². The summed E-state index contributed by atoms with van der Waals surface area (Å²) in [5.41, 5.74) is 0.